The number of nitrogens with zero attached hydrogens (tertiary/aromatic N) is 3. The van der Waals surface area contributed by atoms with Crippen LogP contribution in [0.25, 0.3) is 0 Å². The van der Waals surface area contributed by atoms with Gasteiger partial charge < -0.3 is 14.9 Å². The van der Waals surface area contributed by atoms with Crippen molar-refractivity contribution in [3.63, 3.8) is 0 Å². The molecule has 1 unspecified atom stereocenters. The Morgan fingerprint density at radius 1 is 1.41 bits per heavy atom. The Balaban J connectivity index is 2.08. The molecule has 0 radical (unpaired) electrons. The van der Waals surface area contributed by atoms with E-state index < -0.39 is 0 Å². The molecule has 2 aliphatic rings. The zero-order chi connectivity index (χ0) is 12.1. The molecule has 2 aliphatic heterocycles. The van der Waals surface area contributed by atoms with Crippen LogP contribution in [0.2, 0.25) is 0 Å². The van der Waals surface area contributed by atoms with Crippen LogP contribution < -0.4 is 5.43 Å². The van der Waals surface area contributed by atoms with Crippen LogP contribution in [-0.2, 0) is 9.47 Å². The molecule has 0 aromatic rings. The van der Waals surface area contributed by atoms with E-state index in [0.717, 1.165) is 12.3 Å². The topological polar surface area (TPSA) is 67.6 Å². The summed E-state index contributed by atoms with van der Waals surface area (Å²) >= 11 is 0. The average Bonchev–Trinajstić information content (AvgIpc) is 2.40. The van der Waals surface area contributed by atoms with E-state index in [1.54, 1.807) is 14.2 Å². The molecule has 0 amide bonds. The molecule has 0 aromatic heterocycles. The van der Waals surface area contributed by atoms with E-state index in [4.69, 9.17) is 9.47 Å². The van der Waals surface area contributed by atoms with E-state index in [0.29, 0.717) is 24.8 Å². The van der Waals surface area contributed by atoms with Crippen LogP contribution in [0.15, 0.2) is 27.2 Å². The Hall–Kier alpha value is -1.85. The third-order valence-corrected chi connectivity index (χ3v) is 2.54. The van der Waals surface area contributed by atoms with Crippen LogP contribution in [0.1, 0.15) is 6.42 Å². The molecule has 0 aliphatic carbocycles. The van der Waals surface area contributed by atoms with Gasteiger partial charge in [-0.15, -0.1) is 0 Å². The van der Waals surface area contributed by atoms with Gasteiger partial charge in [0.2, 0.25) is 11.8 Å². The Morgan fingerprint density at radius 2 is 2.29 bits per heavy atom. The molecule has 1 N–H and O–H groups in total. The lowest BCUT2D eigenvalue weighted by Gasteiger charge is -2.20. The number of rotatable bonds is 2. The van der Waals surface area contributed by atoms with Gasteiger partial charge in [0.25, 0.3) is 0 Å². The molecular formula is C11H16N4O2. The van der Waals surface area contributed by atoms with Crippen molar-refractivity contribution in [2.75, 3.05) is 27.3 Å². The number of nitrogens with one attached hydrogen (secondary N) is 1. The summed E-state index contributed by atoms with van der Waals surface area (Å²) in [6, 6.07) is -0.146. The van der Waals surface area contributed by atoms with Crippen molar-refractivity contribution in [2.24, 2.45) is 15.1 Å². The Labute approximate surface area is 100 Å². The van der Waals surface area contributed by atoms with Crippen LogP contribution in [0.4, 0.5) is 0 Å². The molecule has 0 spiro atoms. The molecular weight excluding hydrogens is 220 g/mol. The minimum absolute atomic E-state index is 0.146. The van der Waals surface area contributed by atoms with Gasteiger partial charge >= 0.3 is 0 Å². The van der Waals surface area contributed by atoms with Crippen molar-refractivity contribution in [3.05, 3.63) is 12.2 Å². The summed E-state index contributed by atoms with van der Waals surface area (Å²) in [6.45, 7) is 1.21. The Morgan fingerprint density at radius 3 is 2.94 bits per heavy atom. The van der Waals surface area contributed by atoms with Crippen molar-refractivity contribution in [1.82, 2.24) is 5.43 Å². The van der Waals surface area contributed by atoms with Crippen molar-refractivity contribution in [2.45, 2.75) is 12.5 Å². The van der Waals surface area contributed by atoms with E-state index in [2.05, 4.69) is 20.5 Å². The third-order valence-electron chi connectivity index (χ3n) is 2.54. The number of hydrazone groups is 1. The van der Waals surface area contributed by atoms with Crippen molar-refractivity contribution < 1.29 is 9.47 Å². The summed E-state index contributed by atoms with van der Waals surface area (Å²) in [4.78, 5) is 8.73. The molecule has 0 aromatic carbocycles. The molecule has 0 bridgehead atoms. The zero-order valence-corrected chi connectivity index (χ0v) is 10.0. The molecule has 0 saturated carbocycles. The summed E-state index contributed by atoms with van der Waals surface area (Å²) in [7, 11) is 3.21. The Bertz CT molecular complexity index is 398. The molecule has 2 rings (SSSR count). The van der Waals surface area contributed by atoms with Gasteiger partial charge in [-0.3, -0.25) is 0 Å². The van der Waals surface area contributed by atoms with E-state index in [1.807, 2.05) is 12.2 Å². The summed E-state index contributed by atoms with van der Waals surface area (Å²) in [6.07, 6.45) is 4.67. The predicted octanol–water partition coefficient (Wildman–Crippen LogP) is 0.364. The standard InChI is InChI=1S/C11H16N4O2/c1-16-10-7-12-11(17-2)9(14-10)6-8-4-3-5-13-15-8/h3-4,9,13H,5-7H2,1-2H3. The molecule has 17 heavy (non-hydrogen) atoms. The first-order valence-corrected chi connectivity index (χ1v) is 5.48. The predicted molar refractivity (Wildman–Crippen MR) is 66.7 cm³/mol. The van der Waals surface area contributed by atoms with Gasteiger partial charge in [-0.2, -0.15) is 5.10 Å². The maximum Gasteiger partial charge on any atom is 0.209 e. The van der Waals surface area contributed by atoms with E-state index in [9.17, 15) is 0 Å². The number of ether oxygens (including phenoxy) is 2. The van der Waals surface area contributed by atoms with Gasteiger partial charge in [-0.25, -0.2) is 9.98 Å². The molecule has 6 heteroatoms. The maximum atomic E-state index is 5.23. The van der Waals surface area contributed by atoms with Crippen molar-refractivity contribution in [3.8, 4) is 0 Å². The van der Waals surface area contributed by atoms with Crippen molar-refractivity contribution in [1.29, 1.82) is 0 Å². The molecule has 6 nitrogen and oxygen atoms in total. The second-order valence-corrected chi connectivity index (χ2v) is 3.67. The summed E-state index contributed by atoms with van der Waals surface area (Å²) in [5.74, 6) is 1.26. The summed E-state index contributed by atoms with van der Waals surface area (Å²) in [5.41, 5.74) is 3.86. The fourth-order valence-electron chi connectivity index (χ4n) is 1.72. The van der Waals surface area contributed by atoms with E-state index >= 15 is 0 Å². The average molecular weight is 236 g/mol. The molecule has 2 heterocycles. The van der Waals surface area contributed by atoms with Gasteiger partial charge in [0, 0.05) is 6.42 Å². The van der Waals surface area contributed by atoms with Gasteiger partial charge in [0.15, 0.2) is 0 Å². The monoisotopic (exact) mass is 236 g/mol. The van der Waals surface area contributed by atoms with Gasteiger partial charge in [0.1, 0.15) is 12.6 Å². The number of allylic oxidation sites excluding steroid dienone is 1. The molecule has 92 valence electrons. The van der Waals surface area contributed by atoms with Gasteiger partial charge in [-0.1, -0.05) is 6.08 Å². The van der Waals surface area contributed by atoms with E-state index in [-0.39, 0.29) is 6.04 Å². The SMILES string of the molecule is COC1=NC(CC2=NNCC=C2)C(OC)=NC1. The van der Waals surface area contributed by atoms with Gasteiger partial charge in [-0.05, 0) is 6.08 Å². The highest BCUT2D eigenvalue weighted by atomic mass is 16.5. The minimum Gasteiger partial charge on any atom is -0.483 e. The van der Waals surface area contributed by atoms with Crippen LogP contribution >= 0.6 is 0 Å². The zero-order valence-electron chi connectivity index (χ0n) is 10.0. The highest BCUT2D eigenvalue weighted by Gasteiger charge is 2.23. The summed E-state index contributed by atoms with van der Waals surface area (Å²) in [5, 5.41) is 4.20. The van der Waals surface area contributed by atoms with E-state index in [1.165, 1.54) is 0 Å². The molecule has 0 fully saturated rings. The number of hydrogen-bond donors (Lipinski definition) is 1. The highest BCUT2D eigenvalue weighted by molar-refractivity contribution is 6.01. The first-order valence-electron chi connectivity index (χ1n) is 5.48. The second-order valence-electron chi connectivity index (χ2n) is 3.67. The lowest BCUT2D eigenvalue weighted by molar-refractivity contribution is 0.361. The van der Waals surface area contributed by atoms with Crippen LogP contribution in [0, 0.1) is 0 Å². The lowest BCUT2D eigenvalue weighted by Crippen LogP contribution is -2.31. The van der Waals surface area contributed by atoms with Gasteiger partial charge in [0.05, 0.1) is 26.5 Å². The van der Waals surface area contributed by atoms with Crippen LogP contribution in [0.3, 0.4) is 0 Å². The number of methoxy groups -OCH3 is 2. The quantitative estimate of drug-likeness (QED) is 0.753. The largest absolute Gasteiger partial charge is 0.483 e. The highest BCUT2D eigenvalue weighted by Crippen LogP contribution is 2.11. The molecule has 0 saturated heterocycles. The first-order chi connectivity index (χ1) is 8.33. The first kappa shape index (κ1) is 11.6. The summed E-state index contributed by atoms with van der Waals surface area (Å²) < 4.78 is 10.3. The lowest BCUT2D eigenvalue weighted by atomic mass is 10.1. The smallest absolute Gasteiger partial charge is 0.209 e. The third kappa shape index (κ3) is 2.83. The molecule has 1 atom stereocenters. The normalized spacial score (nSPS) is 23.2. The van der Waals surface area contributed by atoms with Crippen LogP contribution in [-0.4, -0.2) is 50.9 Å². The Kier molecular flexibility index (Phi) is 3.74. The minimum atomic E-state index is -0.146. The second kappa shape index (κ2) is 5.47. The number of aliphatic imine (C=N–C) groups is 2. The fourth-order valence-corrected chi connectivity index (χ4v) is 1.72. The van der Waals surface area contributed by atoms with Crippen LogP contribution in [0.5, 0.6) is 0 Å². The number of hydrogen-bond acceptors (Lipinski definition) is 6. The maximum absolute atomic E-state index is 5.23. The van der Waals surface area contributed by atoms with Crippen molar-refractivity contribution >= 4 is 17.5 Å². The fraction of sp³-hybridized carbons (Fsp3) is 0.545.